The molecule has 6 heteroatoms. The lowest BCUT2D eigenvalue weighted by Gasteiger charge is -2.11. The van der Waals surface area contributed by atoms with Crippen LogP contribution in [0.25, 0.3) is 0 Å². The number of carbonyl (C=O) groups is 2. The molecule has 0 aromatic rings. The highest BCUT2D eigenvalue weighted by Crippen LogP contribution is 2.23. The third-order valence-corrected chi connectivity index (χ3v) is 1.61. The van der Waals surface area contributed by atoms with Crippen molar-refractivity contribution in [3.63, 3.8) is 0 Å². The molecule has 0 aliphatic carbocycles. The Hall–Kier alpha value is -0.520. The summed E-state index contributed by atoms with van der Waals surface area (Å²) in [4.78, 5) is 20.8. The van der Waals surface area contributed by atoms with Crippen LogP contribution >= 0.6 is 12.6 Å². The Labute approximate surface area is 72.5 Å². The van der Waals surface area contributed by atoms with Crippen LogP contribution in [-0.4, -0.2) is 17.1 Å². The second kappa shape index (κ2) is 3.93. The minimum atomic E-state index is -4.95. The molecule has 0 heterocycles. The van der Waals surface area contributed by atoms with Gasteiger partial charge in [-0.2, -0.15) is 13.2 Å². The molecule has 0 radical (unpaired) electrons. The molecule has 1 atom stereocenters. The van der Waals surface area contributed by atoms with Gasteiger partial charge in [-0.05, 0) is 6.42 Å². The first-order valence-corrected chi connectivity index (χ1v) is 3.59. The van der Waals surface area contributed by atoms with Crippen LogP contribution in [0.4, 0.5) is 13.2 Å². The molecule has 0 amide bonds. The zero-order chi connectivity index (χ0) is 9.94. The Balaban J connectivity index is 4.55. The predicted octanol–water partition coefficient (Wildman–Crippen LogP) is 1.60. The molecule has 0 aliphatic rings. The Kier molecular flexibility index (Phi) is 3.76. The molecular formula is C6H7F3O2S. The molecule has 2 nitrogen and oxygen atoms in total. The monoisotopic (exact) mass is 200 g/mol. The van der Waals surface area contributed by atoms with Gasteiger partial charge in [0.15, 0.2) is 5.12 Å². The second-order valence-electron chi connectivity index (χ2n) is 2.16. The molecule has 0 rings (SSSR count). The van der Waals surface area contributed by atoms with Gasteiger partial charge < -0.3 is 0 Å². The summed E-state index contributed by atoms with van der Waals surface area (Å²) in [5, 5.41) is -1.04. The van der Waals surface area contributed by atoms with E-state index in [0.717, 1.165) is 0 Å². The van der Waals surface area contributed by atoms with Crippen LogP contribution in [0, 0.1) is 5.92 Å². The van der Waals surface area contributed by atoms with Gasteiger partial charge in [0.25, 0.3) is 0 Å². The van der Waals surface area contributed by atoms with E-state index in [1.165, 1.54) is 6.92 Å². The number of hydrogen-bond donors (Lipinski definition) is 1. The molecule has 0 aromatic carbocycles. The summed E-state index contributed by atoms with van der Waals surface area (Å²) < 4.78 is 35.1. The number of ketones is 1. The zero-order valence-corrected chi connectivity index (χ0v) is 7.08. The van der Waals surface area contributed by atoms with Crippen molar-refractivity contribution in [2.45, 2.75) is 19.5 Å². The summed E-state index contributed by atoms with van der Waals surface area (Å²) in [6, 6.07) is 0. The van der Waals surface area contributed by atoms with Crippen LogP contribution in [0.1, 0.15) is 13.3 Å². The third kappa shape index (κ3) is 2.84. The predicted molar refractivity (Wildman–Crippen MR) is 38.8 cm³/mol. The van der Waals surface area contributed by atoms with Crippen molar-refractivity contribution in [3.8, 4) is 0 Å². The molecule has 0 unspecified atom stereocenters. The highest BCUT2D eigenvalue weighted by Gasteiger charge is 2.44. The summed E-state index contributed by atoms with van der Waals surface area (Å²) in [5.74, 6) is -3.68. The van der Waals surface area contributed by atoms with E-state index in [0.29, 0.717) is 0 Å². The topological polar surface area (TPSA) is 34.1 Å². The number of carbonyl (C=O) groups excluding carboxylic acids is 2. The molecular weight excluding hydrogens is 193 g/mol. The smallest absolute Gasteiger partial charge is 0.289 e. The number of alkyl halides is 3. The van der Waals surface area contributed by atoms with Crippen molar-refractivity contribution in [2.24, 2.45) is 5.92 Å². The van der Waals surface area contributed by atoms with Crippen molar-refractivity contribution >= 4 is 23.5 Å². The average Bonchev–Trinajstić information content (AvgIpc) is 1.86. The van der Waals surface area contributed by atoms with Crippen molar-refractivity contribution in [1.82, 2.24) is 0 Å². The molecule has 0 saturated heterocycles. The number of rotatable bonds is 3. The Bertz CT molecular complexity index is 199. The molecule has 0 saturated carbocycles. The van der Waals surface area contributed by atoms with Crippen molar-refractivity contribution in [3.05, 3.63) is 0 Å². The molecule has 0 fully saturated rings. The van der Waals surface area contributed by atoms with Gasteiger partial charge in [0.2, 0.25) is 5.78 Å². The van der Waals surface area contributed by atoms with Gasteiger partial charge in [-0.1, -0.05) is 6.92 Å². The highest BCUT2D eigenvalue weighted by molar-refractivity contribution is 7.96. The molecule has 12 heavy (non-hydrogen) atoms. The average molecular weight is 200 g/mol. The quantitative estimate of drug-likeness (QED) is 0.554. The molecule has 0 N–H and O–H groups in total. The second-order valence-corrected chi connectivity index (χ2v) is 2.60. The summed E-state index contributed by atoms with van der Waals surface area (Å²) in [7, 11) is 0. The van der Waals surface area contributed by atoms with Gasteiger partial charge in [0.1, 0.15) is 0 Å². The number of hydrogen-bond acceptors (Lipinski definition) is 2. The van der Waals surface area contributed by atoms with E-state index in [-0.39, 0.29) is 6.42 Å². The fraction of sp³-hybridized carbons (Fsp3) is 0.667. The maximum absolute atomic E-state index is 11.7. The van der Waals surface area contributed by atoms with Gasteiger partial charge in [0, 0.05) is 0 Å². The van der Waals surface area contributed by atoms with Crippen LogP contribution in [0.2, 0.25) is 0 Å². The van der Waals surface area contributed by atoms with E-state index < -0.39 is 23.0 Å². The van der Waals surface area contributed by atoms with Gasteiger partial charge >= 0.3 is 6.18 Å². The lowest BCUT2D eigenvalue weighted by atomic mass is 10.0. The minimum absolute atomic E-state index is 0.180. The Morgan fingerprint density at radius 3 is 1.92 bits per heavy atom. The van der Waals surface area contributed by atoms with Crippen LogP contribution in [0.3, 0.4) is 0 Å². The zero-order valence-electron chi connectivity index (χ0n) is 6.18. The van der Waals surface area contributed by atoms with E-state index in [2.05, 4.69) is 12.6 Å². The maximum Gasteiger partial charge on any atom is 0.450 e. The first-order valence-electron chi connectivity index (χ1n) is 3.14. The molecule has 0 spiro atoms. The van der Waals surface area contributed by atoms with Crippen LogP contribution < -0.4 is 0 Å². The standard InChI is InChI=1S/C6H7F3O2S/c1-2-3(5(11)12)4(10)6(7,8)9/h3H,2H2,1H3,(H,11,12)/t3-/m0/s1. The number of thiol groups is 1. The molecule has 70 valence electrons. The van der Waals surface area contributed by atoms with E-state index in [9.17, 15) is 22.8 Å². The van der Waals surface area contributed by atoms with E-state index >= 15 is 0 Å². The summed E-state index contributed by atoms with van der Waals surface area (Å²) in [6.07, 6.45) is -5.13. The van der Waals surface area contributed by atoms with Gasteiger partial charge in [-0.3, -0.25) is 9.59 Å². The molecule has 0 bridgehead atoms. The normalized spacial score (nSPS) is 14.1. The first-order chi connectivity index (χ1) is 5.30. The van der Waals surface area contributed by atoms with Crippen LogP contribution in [-0.2, 0) is 9.59 Å². The summed E-state index contributed by atoms with van der Waals surface area (Å²) >= 11 is 3.18. The van der Waals surface area contributed by atoms with Crippen LogP contribution in [0.15, 0.2) is 0 Å². The number of halogens is 3. The van der Waals surface area contributed by atoms with Crippen LogP contribution in [0.5, 0.6) is 0 Å². The molecule has 0 aliphatic heterocycles. The van der Waals surface area contributed by atoms with E-state index in [4.69, 9.17) is 0 Å². The van der Waals surface area contributed by atoms with Gasteiger partial charge in [0.05, 0.1) is 5.92 Å². The lowest BCUT2D eigenvalue weighted by molar-refractivity contribution is -0.176. The summed E-state index contributed by atoms with van der Waals surface area (Å²) in [5.41, 5.74) is 0. The highest BCUT2D eigenvalue weighted by atomic mass is 32.1. The van der Waals surface area contributed by atoms with E-state index in [1.807, 2.05) is 0 Å². The van der Waals surface area contributed by atoms with Crippen molar-refractivity contribution in [2.75, 3.05) is 0 Å². The Morgan fingerprint density at radius 2 is 1.83 bits per heavy atom. The van der Waals surface area contributed by atoms with Crippen molar-refractivity contribution < 1.29 is 22.8 Å². The van der Waals surface area contributed by atoms with Gasteiger partial charge in [-0.25, -0.2) is 0 Å². The van der Waals surface area contributed by atoms with Gasteiger partial charge in [-0.15, -0.1) is 12.6 Å². The maximum atomic E-state index is 11.7. The third-order valence-electron chi connectivity index (χ3n) is 1.30. The lowest BCUT2D eigenvalue weighted by Crippen LogP contribution is -2.33. The molecule has 0 aromatic heterocycles. The van der Waals surface area contributed by atoms with Crippen molar-refractivity contribution in [1.29, 1.82) is 0 Å². The fourth-order valence-corrected chi connectivity index (χ4v) is 0.970. The largest absolute Gasteiger partial charge is 0.450 e. The fourth-order valence-electron chi connectivity index (χ4n) is 0.670. The van der Waals surface area contributed by atoms with E-state index in [1.54, 1.807) is 0 Å². The summed E-state index contributed by atoms with van der Waals surface area (Å²) in [6.45, 7) is 1.32. The SMILES string of the molecule is CC[C@H](C(=O)S)C(=O)C(F)(F)F. The minimum Gasteiger partial charge on any atom is -0.289 e. The first kappa shape index (κ1) is 11.5. The Morgan fingerprint density at radius 1 is 1.42 bits per heavy atom. The number of Topliss-reactive ketones (excluding diaryl/α,β-unsaturated/α-hetero) is 1.